The minimum Gasteiger partial charge on any atom is -0.373 e. The molecule has 1 atom stereocenters. The molecule has 0 bridgehead atoms. The first-order chi connectivity index (χ1) is 4.34. The van der Waals surface area contributed by atoms with Gasteiger partial charge in [-0.2, -0.15) is 5.26 Å². The number of rotatable bonds is 1. The van der Waals surface area contributed by atoms with E-state index in [-0.39, 0.29) is 0 Å². The fourth-order valence-corrected chi connectivity index (χ4v) is 1.16. The third-order valence-electron chi connectivity index (χ3n) is 0.935. The minimum absolute atomic E-state index is 0.706. The largest absolute Gasteiger partial charge is 0.373 e. The molecule has 0 saturated heterocycles. The normalized spacial score (nSPS) is 12.4. The fourth-order valence-electron chi connectivity index (χ4n) is 0.510. The Morgan fingerprint density at radius 1 is 1.78 bits per heavy atom. The lowest BCUT2D eigenvalue weighted by Crippen LogP contribution is -1.86. The first kappa shape index (κ1) is 6.27. The molecule has 0 aliphatic heterocycles. The average molecular weight is 139 g/mol. The number of aliphatic hydroxyl groups is 1. The van der Waals surface area contributed by atoms with Crippen LogP contribution in [0, 0.1) is 11.3 Å². The van der Waals surface area contributed by atoms with Crippen LogP contribution in [0.2, 0.25) is 0 Å². The second kappa shape index (κ2) is 2.62. The molecular formula is C6H5NOS. The Balaban J connectivity index is 2.80. The van der Waals surface area contributed by atoms with Gasteiger partial charge in [0.2, 0.25) is 0 Å². The molecule has 0 unspecified atom stereocenters. The van der Waals surface area contributed by atoms with Gasteiger partial charge in [0, 0.05) is 4.88 Å². The second-order valence-electron chi connectivity index (χ2n) is 1.55. The summed E-state index contributed by atoms with van der Waals surface area (Å²) in [7, 11) is 0. The van der Waals surface area contributed by atoms with Gasteiger partial charge < -0.3 is 5.11 Å². The number of hydrogen-bond donors (Lipinski definition) is 1. The molecule has 46 valence electrons. The SMILES string of the molecule is N#C[C@H](O)c1cccs1. The summed E-state index contributed by atoms with van der Waals surface area (Å²) in [6.07, 6.45) is -0.940. The first-order valence-corrected chi connectivity index (χ1v) is 3.33. The Bertz CT molecular complexity index is 211. The van der Waals surface area contributed by atoms with Gasteiger partial charge in [0.1, 0.15) is 0 Å². The zero-order chi connectivity index (χ0) is 6.69. The van der Waals surface area contributed by atoms with Crippen molar-refractivity contribution in [2.75, 3.05) is 0 Å². The molecule has 0 amide bonds. The van der Waals surface area contributed by atoms with Crippen LogP contribution < -0.4 is 0 Å². The predicted molar refractivity (Wildman–Crippen MR) is 34.9 cm³/mol. The van der Waals surface area contributed by atoms with E-state index in [4.69, 9.17) is 10.4 Å². The molecule has 0 aromatic carbocycles. The lowest BCUT2D eigenvalue weighted by molar-refractivity contribution is 0.240. The molecule has 2 nitrogen and oxygen atoms in total. The van der Waals surface area contributed by atoms with Crippen LogP contribution in [-0.2, 0) is 0 Å². The van der Waals surface area contributed by atoms with E-state index in [2.05, 4.69) is 0 Å². The van der Waals surface area contributed by atoms with Crippen LogP contribution in [-0.4, -0.2) is 5.11 Å². The van der Waals surface area contributed by atoms with E-state index in [0.717, 1.165) is 0 Å². The van der Waals surface area contributed by atoms with Crippen LogP contribution in [0.3, 0.4) is 0 Å². The van der Waals surface area contributed by atoms with E-state index in [1.807, 2.05) is 5.38 Å². The molecule has 1 aromatic heterocycles. The maximum absolute atomic E-state index is 8.87. The van der Waals surface area contributed by atoms with Crippen LogP contribution in [0.5, 0.6) is 0 Å². The highest BCUT2D eigenvalue weighted by molar-refractivity contribution is 7.10. The predicted octanol–water partition coefficient (Wildman–Crippen LogP) is 1.31. The van der Waals surface area contributed by atoms with E-state index >= 15 is 0 Å². The summed E-state index contributed by atoms with van der Waals surface area (Å²) in [4.78, 5) is 0.706. The maximum Gasteiger partial charge on any atom is 0.175 e. The van der Waals surface area contributed by atoms with Gasteiger partial charge >= 0.3 is 0 Å². The van der Waals surface area contributed by atoms with Crippen molar-refractivity contribution < 1.29 is 5.11 Å². The molecule has 1 heterocycles. The molecule has 9 heavy (non-hydrogen) atoms. The number of aliphatic hydroxyl groups excluding tert-OH is 1. The van der Waals surface area contributed by atoms with E-state index < -0.39 is 6.10 Å². The van der Waals surface area contributed by atoms with Crippen LogP contribution in [0.25, 0.3) is 0 Å². The summed E-state index contributed by atoms with van der Waals surface area (Å²) < 4.78 is 0. The minimum atomic E-state index is -0.940. The molecule has 0 fully saturated rings. The van der Waals surface area contributed by atoms with Crippen molar-refractivity contribution in [2.45, 2.75) is 6.10 Å². The molecule has 0 aliphatic rings. The molecule has 0 radical (unpaired) electrons. The Hall–Kier alpha value is -0.850. The first-order valence-electron chi connectivity index (χ1n) is 2.45. The fraction of sp³-hybridized carbons (Fsp3) is 0.167. The van der Waals surface area contributed by atoms with Crippen molar-refractivity contribution in [3.05, 3.63) is 22.4 Å². The molecule has 3 heteroatoms. The monoisotopic (exact) mass is 139 g/mol. The summed E-state index contributed by atoms with van der Waals surface area (Å²) in [6, 6.07) is 5.27. The van der Waals surface area contributed by atoms with Gasteiger partial charge in [0.15, 0.2) is 6.10 Å². The molecule has 0 saturated carbocycles. The van der Waals surface area contributed by atoms with Crippen molar-refractivity contribution in [1.82, 2.24) is 0 Å². The van der Waals surface area contributed by atoms with Crippen molar-refractivity contribution in [3.8, 4) is 6.07 Å². The van der Waals surface area contributed by atoms with Crippen molar-refractivity contribution in [2.24, 2.45) is 0 Å². The lowest BCUT2D eigenvalue weighted by atomic mass is 10.3. The number of thiophene rings is 1. The number of hydrogen-bond acceptors (Lipinski definition) is 3. The van der Waals surface area contributed by atoms with Crippen molar-refractivity contribution in [1.29, 1.82) is 5.26 Å². The van der Waals surface area contributed by atoms with Crippen molar-refractivity contribution >= 4 is 11.3 Å². The zero-order valence-corrected chi connectivity index (χ0v) is 5.43. The Morgan fingerprint density at radius 2 is 2.56 bits per heavy atom. The quantitative estimate of drug-likeness (QED) is 0.596. The molecule has 1 N–H and O–H groups in total. The number of nitriles is 1. The number of nitrogens with zero attached hydrogens (tertiary/aromatic N) is 1. The van der Waals surface area contributed by atoms with E-state index in [1.165, 1.54) is 11.3 Å². The highest BCUT2D eigenvalue weighted by atomic mass is 32.1. The average Bonchev–Trinajstić information content (AvgIpc) is 2.37. The molecule has 1 aromatic rings. The van der Waals surface area contributed by atoms with Gasteiger partial charge in [-0.25, -0.2) is 0 Å². The molecule has 1 rings (SSSR count). The van der Waals surface area contributed by atoms with Crippen LogP contribution >= 0.6 is 11.3 Å². The van der Waals surface area contributed by atoms with Crippen LogP contribution in [0.15, 0.2) is 17.5 Å². The standard InChI is InChI=1S/C6H5NOS/c7-4-5(8)6-2-1-3-9-6/h1-3,5,8H/t5-/m0/s1. The van der Waals surface area contributed by atoms with Gasteiger partial charge in [-0.15, -0.1) is 11.3 Å². The molecule has 0 spiro atoms. The molecular weight excluding hydrogens is 134 g/mol. The highest BCUT2D eigenvalue weighted by Crippen LogP contribution is 2.16. The molecule has 0 aliphatic carbocycles. The summed E-state index contributed by atoms with van der Waals surface area (Å²) >= 11 is 1.38. The Kier molecular flexibility index (Phi) is 1.83. The smallest absolute Gasteiger partial charge is 0.175 e. The highest BCUT2D eigenvalue weighted by Gasteiger charge is 2.03. The summed E-state index contributed by atoms with van der Waals surface area (Å²) in [5.41, 5.74) is 0. The summed E-state index contributed by atoms with van der Waals surface area (Å²) in [5, 5.41) is 18.9. The van der Waals surface area contributed by atoms with E-state index in [1.54, 1.807) is 18.2 Å². The maximum atomic E-state index is 8.87. The zero-order valence-electron chi connectivity index (χ0n) is 4.61. The topological polar surface area (TPSA) is 44.0 Å². The summed E-state index contributed by atoms with van der Waals surface area (Å²) in [6.45, 7) is 0. The van der Waals surface area contributed by atoms with Gasteiger partial charge in [-0.3, -0.25) is 0 Å². The van der Waals surface area contributed by atoms with E-state index in [0.29, 0.717) is 4.88 Å². The van der Waals surface area contributed by atoms with Gasteiger partial charge in [0.05, 0.1) is 6.07 Å². The van der Waals surface area contributed by atoms with Crippen LogP contribution in [0.1, 0.15) is 11.0 Å². The van der Waals surface area contributed by atoms with E-state index in [9.17, 15) is 0 Å². The Labute approximate surface area is 57.0 Å². The lowest BCUT2D eigenvalue weighted by Gasteiger charge is -1.92. The van der Waals surface area contributed by atoms with Gasteiger partial charge in [-0.1, -0.05) is 6.07 Å². The van der Waals surface area contributed by atoms with Crippen LogP contribution in [0.4, 0.5) is 0 Å². The van der Waals surface area contributed by atoms with Gasteiger partial charge in [-0.05, 0) is 11.4 Å². The third-order valence-corrected chi connectivity index (χ3v) is 1.86. The van der Waals surface area contributed by atoms with Crippen molar-refractivity contribution in [3.63, 3.8) is 0 Å². The summed E-state index contributed by atoms with van der Waals surface area (Å²) in [5.74, 6) is 0. The van der Waals surface area contributed by atoms with Gasteiger partial charge in [0.25, 0.3) is 0 Å². The third kappa shape index (κ3) is 1.28. The Morgan fingerprint density at radius 3 is 3.00 bits per heavy atom. The second-order valence-corrected chi connectivity index (χ2v) is 2.53.